The van der Waals surface area contributed by atoms with Crippen LogP contribution in [0, 0.1) is 10.1 Å². The molecule has 1 heterocycles. The van der Waals surface area contributed by atoms with Crippen LogP contribution in [0.4, 0.5) is 17.1 Å². The molecule has 3 aromatic rings. The molecular weight excluding hydrogens is 474 g/mol. The second-order valence-electron chi connectivity index (χ2n) is 8.98. The summed E-state index contributed by atoms with van der Waals surface area (Å²) in [6, 6.07) is 17.4. The fraction of sp³-hybridized carbons (Fsp3) is 0.250. The number of Topliss-reactive ketones (excluding diaryl/α,β-unsaturated/α-hetero) is 1. The molecule has 1 aliphatic heterocycles. The van der Waals surface area contributed by atoms with E-state index in [4.69, 9.17) is 14.2 Å². The van der Waals surface area contributed by atoms with Gasteiger partial charge < -0.3 is 24.8 Å². The number of para-hydroxylation sites is 2. The second-order valence-corrected chi connectivity index (χ2v) is 8.98. The van der Waals surface area contributed by atoms with Crippen LogP contribution >= 0.6 is 0 Å². The molecule has 9 nitrogen and oxygen atoms in total. The standard InChI is InChI=1S/C28H27N3O6/c1-35-24-14-18(15-25(36-2)28(24)37-3)17-12-22-26(23(32)13-17)27(16-8-10-19(11-9-16)31(33)34)30-21-7-5-4-6-20(21)29-22/h4-11,14-15,17,27,29-30H,12-13H2,1-3H3/t17-,27+/m1/s1. The summed E-state index contributed by atoms with van der Waals surface area (Å²) in [5, 5.41) is 18.2. The first kappa shape index (κ1) is 24.2. The maximum Gasteiger partial charge on any atom is 0.269 e. The Balaban J connectivity index is 1.58. The lowest BCUT2D eigenvalue weighted by molar-refractivity contribution is -0.384. The molecule has 1 aliphatic carbocycles. The summed E-state index contributed by atoms with van der Waals surface area (Å²) in [7, 11) is 4.69. The van der Waals surface area contributed by atoms with Gasteiger partial charge in [-0.05, 0) is 59.9 Å². The normalized spacial score (nSPS) is 18.5. The third-order valence-corrected chi connectivity index (χ3v) is 6.90. The van der Waals surface area contributed by atoms with E-state index in [1.807, 2.05) is 36.4 Å². The quantitative estimate of drug-likeness (QED) is 0.332. The number of anilines is 2. The van der Waals surface area contributed by atoms with Crippen molar-refractivity contribution in [2.24, 2.45) is 0 Å². The van der Waals surface area contributed by atoms with E-state index in [-0.39, 0.29) is 17.4 Å². The van der Waals surface area contributed by atoms with E-state index in [0.717, 1.165) is 28.2 Å². The van der Waals surface area contributed by atoms with E-state index in [1.165, 1.54) is 12.1 Å². The first-order chi connectivity index (χ1) is 17.9. The van der Waals surface area contributed by atoms with Gasteiger partial charge in [-0.15, -0.1) is 0 Å². The molecule has 190 valence electrons. The predicted octanol–water partition coefficient (Wildman–Crippen LogP) is 5.60. The van der Waals surface area contributed by atoms with Crippen LogP contribution < -0.4 is 24.8 Å². The Morgan fingerprint density at radius 2 is 1.51 bits per heavy atom. The summed E-state index contributed by atoms with van der Waals surface area (Å²) in [4.78, 5) is 24.5. The number of methoxy groups -OCH3 is 3. The average Bonchev–Trinajstić information content (AvgIpc) is 3.09. The molecule has 37 heavy (non-hydrogen) atoms. The first-order valence-electron chi connectivity index (χ1n) is 11.9. The van der Waals surface area contributed by atoms with E-state index in [1.54, 1.807) is 33.5 Å². The van der Waals surface area contributed by atoms with Crippen LogP contribution in [0.5, 0.6) is 17.2 Å². The van der Waals surface area contributed by atoms with E-state index >= 15 is 0 Å². The number of carbonyl (C=O) groups is 1. The van der Waals surface area contributed by atoms with Crippen molar-refractivity contribution < 1.29 is 23.9 Å². The van der Waals surface area contributed by atoms with Gasteiger partial charge in [-0.2, -0.15) is 0 Å². The summed E-state index contributed by atoms with van der Waals surface area (Å²) >= 11 is 0. The number of non-ortho nitro benzene ring substituents is 1. The predicted molar refractivity (Wildman–Crippen MR) is 140 cm³/mol. The number of allylic oxidation sites excluding steroid dienone is 1. The molecule has 5 rings (SSSR count). The zero-order valence-corrected chi connectivity index (χ0v) is 20.7. The molecule has 2 N–H and O–H groups in total. The minimum atomic E-state index is -0.458. The molecule has 2 atom stereocenters. The van der Waals surface area contributed by atoms with E-state index in [2.05, 4.69) is 10.6 Å². The molecule has 0 fully saturated rings. The number of rotatable bonds is 6. The minimum Gasteiger partial charge on any atom is -0.493 e. The Morgan fingerprint density at radius 1 is 0.865 bits per heavy atom. The van der Waals surface area contributed by atoms with Crippen molar-refractivity contribution in [3.63, 3.8) is 0 Å². The Kier molecular flexibility index (Phi) is 6.43. The van der Waals surface area contributed by atoms with E-state index < -0.39 is 11.0 Å². The van der Waals surface area contributed by atoms with Gasteiger partial charge in [0, 0.05) is 29.8 Å². The Bertz CT molecular complexity index is 1370. The minimum absolute atomic E-state index is 0.00235. The zero-order valence-electron chi connectivity index (χ0n) is 20.7. The first-order valence-corrected chi connectivity index (χ1v) is 11.9. The Hall–Kier alpha value is -4.53. The number of nitro groups is 1. The van der Waals surface area contributed by atoms with Gasteiger partial charge in [0.15, 0.2) is 17.3 Å². The molecule has 0 spiro atoms. The monoisotopic (exact) mass is 501 g/mol. The van der Waals surface area contributed by atoms with Gasteiger partial charge in [-0.3, -0.25) is 14.9 Å². The topological polar surface area (TPSA) is 112 Å². The third-order valence-electron chi connectivity index (χ3n) is 6.90. The number of hydrogen-bond donors (Lipinski definition) is 2. The van der Waals surface area contributed by atoms with Gasteiger partial charge in [0.25, 0.3) is 5.69 Å². The molecule has 0 saturated carbocycles. The van der Waals surface area contributed by atoms with Crippen molar-refractivity contribution in [2.75, 3.05) is 32.0 Å². The number of hydrogen-bond acceptors (Lipinski definition) is 8. The lowest BCUT2D eigenvalue weighted by atomic mass is 9.78. The van der Waals surface area contributed by atoms with Gasteiger partial charge >= 0.3 is 0 Å². The molecule has 9 heteroatoms. The fourth-order valence-corrected chi connectivity index (χ4v) is 5.10. The highest BCUT2D eigenvalue weighted by molar-refractivity contribution is 6.01. The van der Waals surface area contributed by atoms with Gasteiger partial charge in [-0.25, -0.2) is 0 Å². The van der Waals surface area contributed by atoms with Crippen molar-refractivity contribution in [1.29, 1.82) is 0 Å². The Morgan fingerprint density at radius 3 is 2.11 bits per heavy atom. The SMILES string of the molecule is COc1cc([C@H]2CC(=O)C3=C(C2)Nc2ccccc2N[C@H]3c2ccc([N+](=O)[O-])cc2)cc(OC)c1OC. The molecule has 0 saturated heterocycles. The van der Waals surface area contributed by atoms with Crippen LogP contribution in [0.25, 0.3) is 0 Å². The second kappa shape index (κ2) is 9.85. The number of fused-ring (bicyclic) bond motifs is 1. The molecule has 0 unspecified atom stereocenters. The highest BCUT2D eigenvalue weighted by atomic mass is 16.6. The highest BCUT2D eigenvalue weighted by Gasteiger charge is 2.36. The van der Waals surface area contributed by atoms with Crippen LogP contribution in [-0.4, -0.2) is 32.0 Å². The summed E-state index contributed by atoms with van der Waals surface area (Å²) in [5.41, 5.74) is 4.84. The number of benzene rings is 3. The van der Waals surface area contributed by atoms with E-state index in [0.29, 0.717) is 35.7 Å². The highest BCUT2D eigenvalue weighted by Crippen LogP contribution is 2.47. The van der Waals surface area contributed by atoms with Crippen LogP contribution in [0.15, 0.2) is 71.9 Å². The molecule has 2 aliphatic rings. The van der Waals surface area contributed by atoms with E-state index in [9.17, 15) is 14.9 Å². The lowest BCUT2D eigenvalue weighted by Gasteiger charge is -2.30. The zero-order chi connectivity index (χ0) is 26.1. The summed E-state index contributed by atoms with van der Waals surface area (Å²) < 4.78 is 16.5. The van der Waals surface area contributed by atoms with Crippen molar-refractivity contribution in [3.05, 3.63) is 93.2 Å². The number of nitro benzene ring substituents is 1. The number of ketones is 1. The Labute approximate surface area is 214 Å². The maximum absolute atomic E-state index is 13.8. The van der Waals surface area contributed by atoms with Crippen molar-refractivity contribution in [2.45, 2.75) is 24.8 Å². The van der Waals surface area contributed by atoms with Gasteiger partial charge in [-0.1, -0.05) is 12.1 Å². The smallest absolute Gasteiger partial charge is 0.269 e. The van der Waals surface area contributed by atoms with Crippen molar-refractivity contribution >= 4 is 22.8 Å². The lowest BCUT2D eigenvalue weighted by Crippen LogP contribution is -2.27. The van der Waals surface area contributed by atoms with Crippen molar-refractivity contribution in [3.8, 4) is 17.2 Å². The number of carbonyl (C=O) groups excluding carboxylic acids is 1. The fourth-order valence-electron chi connectivity index (χ4n) is 5.10. The summed E-state index contributed by atoms with van der Waals surface area (Å²) in [6.07, 6.45) is 0.875. The molecule has 0 aromatic heterocycles. The van der Waals surface area contributed by atoms with Crippen LogP contribution in [0.2, 0.25) is 0 Å². The molecule has 3 aromatic carbocycles. The van der Waals surface area contributed by atoms with Gasteiger partial charge in [0.05, 0.1) is 43.7 Å². The number of nitrogens with zero attached hydrogens (tertiary/aromatic N) is 1. The van der Waals surface area contributed by atoms with Crippen molar-refractivity contribution in [1.82, 2.24) is 0 Å². The number of ether oxygens (including phenoxy) is 3. The largest absolute Gasteiger partial charge is 0.493 e. The maximum atomic E-state index is 13.8. The molecular formula is C28H27N3O6. The van der Waals surface area contributed by atoms with Crippen LogP contribution in [0.1, 0.15) is 35.9 Å². The van der Waals surface area contributed by atoms with Crippen LogP contribution in [0.3, 0.4) is 0 Å². The third kappa shape index (κ3) is 4.44. The van der Waals surface area contributed by atoms with Gasteiger partial charge in [0.2, 0.25) is 5.75 Å². The summed E-state index contributed by atoms with van der Waals surface area (Å²) in [5.74, 6) is 1.45. The van der Waals surface area contributed by atoms with Gasteiger partial charge in [0.1, 0.15) is 0 Å². The molecule has 0 bridgehead atoms. The number of nitrogens with one attached hydrogen (secondary N) is 2. The molecule has 0 amide bonds. The summed E-state index contributed by atoms with van der Waals surface area (Å²) in [6.45, 7) is 0. The molecule has 0 radical (unpaired) electrons. The average molecular weight is 502 g/mol. The van der Waals surface area contributed by atoms with Crippen LogP contribution in [-0.2, 0) is 4.79 Å².